The molecule has 4 atom stereocenters. The van der Waals surface area contributed by atoms with E-state index in [1.54, 1.807) is 7.11 Å². The molecule has 0 saturated carbocycles. The summed E-state index contributed by atoms with van der Waals surface area (Å²) in [4.78, 5) is 0. The predicted molar refractivity (Wildman–Crippen MR) is 69.7 cm³/mol. The lowest BCUT2D eigenvalue weighted by Crippen LogP contribution is -2.36. The second-order valence-electron chi connectivity index (χ2n) is 5.04. The van der Waals surface area contributed by atoms with E-state index in [0.717, 1.165) is 19.6 Å². The highest BCUT2D eigenvalue weighted by atomic mass is 16.5. The molecule has 4 unspecified atom stereocenters. The molecular formula is C13H27NO4. The summed E-state index contributed by atoms with van der Waals surface area (Å²) in [5.74, 6) is 0.561. The van der Waals surface area contributed by atoms with E-state index < -0.39 is 6.10 Å². The van der Waals surface area contributed by atoms with Crippen molar-refractivity contribution in [2.45, 2.75) is 38.6 Å². The molecule has 0 aliphatic carbocycles. The minimum atomic E-state index is -0.470. The van der Waals surface area contributed by atoms with E-state index in [1.807, 2.05) is 6.92 Å². The molecule has 1 rings (SSSR count). The Morgan fingerprint density at radius 1 is 1.44 bits per heavy atom. The van der Waals surface area contributed by atoms with E-state index in [9.17, 15) is 5.11 Å². The van der Waals surface area contributed by atoms with Gasteiger partial charge in [-0.3, -0.25) is 0 Å². The molecule has 2 N–H and O–H groups in total. The molecule has 5 nitrogen and oxygen atoms in total. The van der Waals surface area contributed by atoms with Gasteiger partial charge in [-0.25, -0.2) is 0 Å². The summed E-state index contributed by atoms with van der Waals surface area (Å²) >= 11 is 0. The van der Waals surface area contributed by atoms with Gasteiger partial charge in [-0.1, -0.05) is 0 Å². The van der Waals surface area contributed by atoms with Gasteiger partial charge in [0.2, 0.25) is 0 Å². The average molecular weight is 261 g/mol. The second kappa shape index (κ2) is 8.82. The molecule has 0 spiro atoms. The molecule has 1 heterocycles. The lowest BCUT2D eigenvalue weighted by Gasteiger charge is -2.18. The van der Waals surface area contributed by atoms with Crippen molar-refractivity contribution in [2.75, 3.05) is 40.0 Å². The summed E-state index contributed by atoms with van der Waals surface area (Å²) in [6, 6.07) is 0. The van der Waals surface area contributed by atoms with Crippen LogP contribution in [0, 0.1) is 5.92 Å². The molecule has 0 amide bonds. The molecule has 1 aliphatic rings. The van der Waals surface area contributed by atoms with Crippen LogP contribution in [0.25, 0.3) is 0 Å². The van der Waals surface area contributed by atoms with Gasteiger partial charge < -0.3 is 24.6 Å². The molecular weight excluding hydrogens is 234 g/mol. The molecule has 5 heteroatoms. The topological polar surface area (TPSA) is 60.0 Å². The fourth-order valence-electron chi connectivity index (χ4n) is 2.10. The predicted octanol–water partition coefficient (Wildman–Crippen LogP) is 0.413. The van der Waals surface area contributed by atoms with Gasteiger partial charge in [0.1, 0.15) is 0 Å². The van der Waals surface area contributed by atoms with Gasteiger partial charge in [-0.2, -0.15) is 0 Å². The van der Waals surface area contributed by atoms with E-state index in [-0.39, 0.29) is 6.10 Å². The normalized spacial score (nSPS) is 27.3. The fourth-order valence-corrected chi connectivity index (χ4v) is 2.10. The molecule has 0 aromatic rings. The maximum absolute atomic E-state index is 9.75. The Bertz CT molecular complexity index is 215. The number of aliphatic hydroxyl groups excluding tert-OH is 1. The van der Waals surface area contributed by atoms with Crippen LogP contribution < -0.4 is 5.32 Å². The highest BCUT2D eigenvalue weighted by molar-refractivity contribution is 4.75. The third-order valence-corrected chi connectivity index (χ3v) is 3.29. The molecule has 0 aromatic heterocycles. The van der Waals surface area contributed by atoms with E-state index in [0.29, 0.717) is 31.8 Å². The Kier molecular flexibility index (Phi) is 7.77. The quantitative estimate of drug-likeness (QED) is 0.630. The minimum Gasteiger partial charge on any atom is -0.389 e. The van der Waals surface area contributed by atoms with Crippen LogP contribution in [0.4, 0.5) is 0 Å². The summed E-state index contributed by atoms with van der Waals surface area (Å²) in [7, 11) is 1.64. The van der Waals surface area contributed by atoms with E-state index >= 15 is 0 Å². The Morgan fingerprint density at radius 3 is 2.83 bits per heavy atom. The van der Waals surface area contributed by atoms with Crippen molar-refractivity contribution in [2.24, 2.45) is 5.92 Å². The standard InChI is InChI=1S/C13H27NO4/c1-10(8-16-3)18-9-13(15)7-14-6-12-4-5-17-11(12)2/h10-15H,4-9H2,1-3H3. The molecule has 0 bridgehead atoms. The Morgan fingerprint density at radius 2 is 2.22 bits per heavy atom. The molecule has 1 fully saturated rings. The molecule has 1 saturated heterocycles. The smallest absolute Gasteiger partial charge is 0.0897 e. The van der Waals surface area contributed by atoms with Crippen molar-refractivity contribution in [3.63, 3.8) is 0 Å². The van der Waals surface area contributed by atoms with Crippen molar-refractivity contribution in [1.82, 2.24) is 5.32 Å². The van der Waals surface area contributed by atoms with Crippen LogP contribution in [0.2, 0.25) is 0 Å². The van der Waals surface area contributed by atoms with Gasteiger partial charge in [-0.15, -0.1) is 0 Å². The number of hydrogen-bond donors (Lipinski definition) is 2. The fraction of sp³-hybridized carbons (Fsp3) is 1.00. The molecule has 0 aromatic carbocycles. The van der Waals surface area contributed by atoms with Gasteiger partial charge in [-0.05, 0) is 26.2 Å². The highest BCUT2D eigenvalue weighted by Crippen LogP contribution is 2.19. The lowest BCUT2D eigenvalue weighted by atomic mass is 10.0. The van der Waals surface area contributed by atoms with Crippen molar-refractivity contribution in [1.29, 1.82) is 0 Å². The summed E-state index contributed by atoms with van der Waals surface area (Å²) in [6.07, 6.45) is 0.980. The van der Waals surface area contributed by atoms with Crippen LogP contribution in [-0.2, 0) is 14.2 Å². The van der Waals surface area contributed by atoms with E-state index in [1.165, 1.54) is 0 Å². The molecule has 1 aliphatic heterocycles. The third-order valence-electron chi connectivity index (χ3n) is 3.29. The zero-order valence-electron chi connectivity index (χ0n) is 11.7. The largest absolute Gasteiger partial charge is 0.389 e. The lowest BCUT2D eigenvalue weighted by molar-refractivity contribution is -0.0313. The van der Waals surface area contributed by atoms with Crippen LogP contribution in [0.5, 0.6) is 0 Å². The number of ether oxygens (including phenoxy) is 3. The first-order chi connectivity index (χ1) is 8.63. The van der Waals surface area contributed by atoms with Crippen LogP contribution in [0.3, 0.4) is 0 Å². The summed E-state index contributed by atoms with van der Waals surface area (Å²) < 4.78 is 15.9. The van der Waals surface area contributed by atoms with Gasteiger partial charge in [0.15, 0.2) is 0 Å². The first kappa shape index (κ1) is 15.9. The Balaban J connectivity index is 2.01. The summed E-state index contributed by atoms with van der Waals surface area (Å²) in [6.45, 7) is 7.24. The van der Waals surface area contributed by atoms with Crippen LogP contribution in [0.15, 0.2) is 0 Å². The van der Waals surface area contributed by atoms with E-state index in [4.69, 9.17) is 14.2 Å². The average Bonchev–Trinajstić information content (AvgIpc) is 2.73. The zero-order chi connectivity index (χ0) is 13.4. The monoisotopic (exact) mass is 261 g/mol. The molecule has 18 heavy (non-hydrogen) atoms. The molecule has 108 valence electrons. The Labute approximate surface area is 110 Å². The number of methoxy groups -OCH3 is 1. The SMILES string of the molecule is COCC(C)OCC(O)CNCC1CCOC1C. The minimum absolute atomic E-state index is 0.0212. The van der Waals surface area contributed by atoms with E-state index in [2.05, 4.69) is 12.2 Å². The van der Waals surface area contributed by atoms with Gasteiger partial charge >= 0.3 is 0 Å². The van der Waals surface area contributed by atoms with Crippen LogP contribution in [-0.4, -0.2) is 63.4 Å². The maximum Gasteiger partial charge on any atom is 0.0897 e. The summed E-state index contributed by atoms with van der Waals surface area (Å²) in [5.41, 5.74) is 0. The number of nitrogens with one attached hydrogen (secondary N) is 1. The van der Waals surface area contributed by atoms with Gasteiger partial charge in [0, 0.05) is 26.8 Å². The maximum atomic E-state index is 9.75. The number of aliphatic hydroxyl groups is 1. The third kappa shape index (κ3) is 6.11. The Hall–Kier alpha value is -0.200. The highest BCUT2D eigenvalue weighted by Gasteiger charge is 2.23. The van der Waals surface area contributed by atoms with Crippen molar-refractivity contribution >= 4 is 0 Å². The van der Waals surface area contributed by atoms with Gasteiger partial charge in [0.05, 0.1) is 31.5 Å². The zero-order valence-corrected chi connectivity index (χ0v) is 11.7. The second-order valence-corrected chi connectivity index (χ2v) is 5.04. The number of hydrogen-bond acceptors (Lipinski definition) is 5. The first-order valence-corrected chi connectivity index (χ1v) is 6.74. The van der Waals surface area contributed by atoms with Crippen molar-refractivity contribution in [3.8, 4) is 0 Å². The number of rotatable bonds is 9. The summed E-state index contributed by atoms with van der Waals surface area (Å²) in [5, 5.41) is 13.0. The van der Waals surface area contributed by atoms with Crippen LogP contribution in [0.1, 0.15) is 20.3 Å². The van der Waals surface area contributed by atoms with Crippen molar-refractivity contribution < 1.29 is 19.3 Å². The van der Waals surface area contributed by atoms with Gasteiger partial charge in [0.25, 0.3) is 0 Å². The first-order valence-electron chi connectivity index (χ1n) is 6.74. The van der Waals surface area contributed by atoms with Crippen molar-refractivity contribution in [3.05, 3.63) is 0 Å². The molecule has 0 radical (unpaired) electrons. The van der Waals surface area contributed by atoms with Crippen LogP contribution >= 0.6 is 0 Å².